The number of esters is 1. The van der Waals surface area contributed by atoms with Gasteiger partial charge in [0.05, 0.1) is 42.8 Å². The molecular formula is C29H41N7O4Si. The fourth-order valence-electron chi connectivity index (χ4n) is 5.25. The molecule has 1 aliphatic rings. The van der Waals surface area contributed by atoms with E-state index >= 15 is 0 Å². The van der Waals surface area contributed by atoms with E-state index in [-0.39, 0.29) is 31.4 Å². The van der Waals surface area contributed by atoms with Crippen LogP contribution in [0.4, 0.5) is 5.82 Å². The van der Waals surface area contributed by atoms with Gasteiger partial charge in [0.2, 0.25) is 5.91 Å². The van der Waals surface area contributed by atoms with Gasteiger partial charge in [0.25, 0.3) is 0 Å². The molecule has 0 bridgehead atoms. The van der Waals surface area contributed by atoms with Crippen molar-refractivity contribution in [2.75, 3.05) is 18.5 Å². The first kappa shape index (κ1) is 30.4. The van der Waals surface area contributed by atoms with Crippen LogP contribution in [0.5, 0.6) is 0 Å². The van der Waals surface area contributed by atoms with Gasteiger partial charge in [-0.3, -0.25) is 14.3 Å². The first-order valence-corrected chi connectivity index (χ1v) is 18.2. The van der Waals surface area contributed by atoms with Crippen molar-refractivity contribution in [3.8, 4) is 17.3 Å². The number of nitrogens with zero attached hydrogens (tertiary/aromatic N) is 6. The minimum atomic E-state index is -1.20. The minimum Gasteiger partial charge on any atom is -0.466 e. The summed E-state index contributed by atoms with van der Waals surface area (Å²) >= 11 is 0. The Morgan fingerprint density at radius 1 is 1.22 bits per heavy atom. The molecule has 0 aromatic carbocycles. The summed E-state index contributed by atoms with van der Waals surface area (Å²) < 4.78 is 14.7. The van der Waals surface area contributed by atoms with Crippen LogP contribution in [0.15, 0.2) is 24.8 Å². The largest absolute Gasteiger partial charge is 0.466 e. The molecule has 0 saturated heterocycles. The number of carbonyl (C=O) groups is 2. The summed E-state index contributed by atoms with van der Waals surface area (Å²) in [5.41, 5.74) is 1.99. The zero-order chi connectivity index (χ0) is 29.4. The molecule has 4 rings (SSSR count). The maximum Gasteiger partial charge on any atom is 0.306 e. The summed E-state index contributed by atoms with van der Waals surface area (Å²) in [6.07, 6.45) is 9.95. The van der Waals surface area contributed by atoms with Crippen molar-refractivity contribution in [1.29, 1.82) is 5.26 Å². The second kappa shape index (κ2) is 13.9. The molecule has 1 unspecified atom stereocenters. The first-order valence-electron chi connectivity index (χ1n) is 14.5. The van der Waals surface area contributed by atoms with Crippen molar-refractivity contribution in [2.24, 2.45) is 5.92 Å². The highest BCUT2D eigenvalue weighted by Crippen LogP contribution is 2.39. The van der Waals surface area contributed by atoms with Gasteiger partial charge in [-0.15, -0.1) is 0 Å². The Morgan fingerprint density at radius 3 is 2.71 bits per heavy atom. The van der Waals surface area contributed by atoms with Crippen molar-refractivity contribution in [3.05, 3.63) is 24.8 Å². The molecule has 11 nitrogen and oxygen atoms in total. The smallest absolute Gasteiger partial charge is 0.306 e. The molecule has 1 fully saturated rings. The predicted octanol–water partition coefficient (Wildman–Crippen LogP) is 5.53. The lowest BCUT2D eigenvalue weighted by Crippen LogP contribution is -2.22. The van der Waals surface area contributed by atoms with Crippen LogP contribution in [0.25, 0.3) is 22.3 Å². The molecule has 3 aromatic heterocycles. The summed E-state index contributed by atoms with van der Waals surface area (Å²) in [4.78, 5) is 33.8. The summed E-state index contributed by atoms with van der Waals surface area (Å²) in [7, 11) is -1.20. The van der Waals surface area contributed by atoms with Crippen LogP contribution >= 0.6 is 0 Å². The summed E-state index contributed by atoms with van der Waals surface area (Å²) in [5, 5.41) is 18.1. The van der Waals surface area contributed by atoms with Crippen LogP contribution in [0.2, 0.25) is 25.7 Å². The van der Waals surface area contributed by atoms with Gasteiger partial charge in [0, 0.05) is 38.9 Å². The van der Waals surface area contributed by atoms with Crippen LogP contribution < -0.4 is 5.32 Å². The number of rotatable bonds is 14. The standard InChI is InChI=1S/C29H41N7O4Si/c1-5-40-26(38)11-10-25(37)33-28-23(18-36(34-28)24(12-14-30)21-8-6-7-9-21)27-22-13-15-35(29(22)32-19-31-27)20-39-16-17-41(2,3)4/h13,15,18-19,21,24H,5-12,16-17,20H2,1-4H3,(H,33,34,37). The van der Waals surface area contributed by atoms with Crippen LogP contribution in [0.1, 0.15) is 57.9 Å². The molecule has 1 atom stereocenters. The normalized spacial score (nSPS) is 14.7. The molecule has 0 aliphatic heterocycles. The van der Waals surface area contributed by atoms with E-state index in [9.17, 15) is 14.9 Å². The molecule has 0 spiro atoms. The lowest BCUT2D eigenvalue weighted by atomic mass is 9.96. The lowest BCUT2D eigenvalue weighted by molar-refractivity contribution is -0.144. The number of fused-ring (bicyclic) bond motifs is 1. The van der Waals surface area contributed by atoms with Crippen LogP contribution in [-0.2, 0) is 25.8 Å². The van der Waals surface area contributed by atoms with Crippen LogP contribution in [-0.4, -0.2) is 57.5 Å². The predicted molar refractivity (Wildman–Crippen MR) is 159 cm³/mol. The highest BCUT2D eigenvalue weighted by Gasteiger charge is 2.29. The number of nitrogens with one attached hydrogen (secondary N) is 1. The highest BCUT2D eigenvalue weighted by atomic mass is 28.3. The van der Waals surface area contributed by atoms with E-state index in [4.69, 9.17) is 14.6 Å². The van der Waals surface area contributed by atoms with Gasteiger partial charge in [0.15, 0.2) is 5.82 Å². The van der Waals surface area contributed by atoms with Crippen molar-refractivity contribution in [3.63, 3.8) is 0 Å². The SMILES string of the molecule is CCOC(=O)CCC(=O)Nc1nn(C(CC#N)C2CCCC2)cc1-c1ncnc2c1ccn2COCC[Si](C)(C)C. The molecule has 3 aromatic rings. The van der Waals surface area contributed by atoms with Gasteiger partial charge in [-0.05, 0) is 37.8 Å². The Balaban J connectivity index is 1.65. The maximum absolute atomic E-state index is 12.9. The van der Waals surface area contributed by atoms with Gasteiger partial charge in [0.1, 0.15) is 18.7 Å². The molecule has 1 amide bonds. The maximum atomic E-state index is 12.9. The number of anilines is 1. The third-order valence-corrected chi connectivity index (χ3v) is 9.18. The van der Waals surface area contributed by atoms with Gasteiger partial charge in [-0.1, -0.05) is 32.5 Å². The third kappa shape index (κ3) is 8.01. The average molecular weight is 580 g/mol. The second-order valence-corrected chi connectivity index (χ2v) is 17.4. The molecule has 41 heavy (non-hydrogen) atoms. The third-order valence-electron chi connectivity index (χ3n) is 7.47. The van der Waals surface area contributed by atoms with E-state index in [1.807, 2.05) is 27.7 Å². The van der Waals surface area contributed by atoms with Gasteiger partial charge in [-0.2, -0.15) is 10.4 Å². The molecule has 1 saturated carbocycles. The average Bonchev–Trinajstić information content (AvgIpc) is 3.69. The van der Waals surface area contributed by atoms with E-state index in [1.54, 1.807) is 6.92 Å². The molecule has 1 N–H and O–H groups in total. The number of ether oxygens (including phenoxy) is 2. The molecular weight excluding hydrogens is 538 g/mol. The quantitative estimate of drug-likeness (QED) is 0.149. The van der Waals surface area contributed by atoms with Gasteiger partial charge in [-0.25, -0.2) is 9.97 Å². The van der Waals surface area contributed by atoms with Crippen molar-refractivity contribution < 1.29 is 19.1 Å². The monoisotopic (exact) mass is 579 g/mol. The van der Waals surface area contributed by atoms with E-state index < -0.39 is 14.0 Å². The highest BCUT2D eigenvalue weighted by molar-refractivity contribution is 6.76. The zero-order valence-electron chi connectivity index (χ0n) is 24.6. The number of nitriles is 1. The lowest BCUT2D eigenvalue weighted by Gasteiger charge is -2.21. The van der Waals surface area contributed by atoms with E-state index in [2.05, 4.69) is 41.0 Å². The number of hydrogen-bond donors (Lipinski definition) is 1. The first-order chi connectivity index (χ1) is 19.7. The van der Waals surface area contributed by atoms with Crippen LogP contribution in [0.3, 0.4) is 0 Å². The summed E-state index contributed by atoms with van der Waals surface area (Å²) in [5.74, 6) is -0.0796. The van der Waals surface area contributed by atoms with Gasteiger partial charge < -0.3 is 19.4 Å². The Bertz CT molecular complexity index is 1380. The molecule has 12 heteroatoms. The van der Waals surface area contributed by atoms with Crippen molar-refractivity contribution in [1.82, 2.24) is 24.3 Å². The fraction of sp³-hybridized carbons (Fsp3) is 0.586. The Kier molecular flexibility index (Phi) is 10.3. The van der Waals surface area contributed by atoms with E-state index in [0.717, 1.165) is 42.8 Å². The number of carbonyl (C=O) groups excluding carboxylic acids is 2. The molecule has 1 aliphatic carbocycles. The molecule has 220 valence electrons. The summed E-state index contributed by atoms with van der Waals surface area (Å²) in [6, 6.07) is 5.24. The fourth-order valence-corrected chi connectivity index (χ4v) is 6.00. The number of aromatic nitrogens is 5. The molecule has 3 heterocycles. The Morgan fingerprint density at radius 2 is 2.00 bits per heavy atom. The Hall–Kier alpha value is -3.56. The van der Waals surface area contributed by atoms with Crippen LogP contribution in [0, 0.1) is 17.2 Å². The topological polar surface area (TPSA) is 137 Å². The van der Waals surface area contributed by atoms with Gasteiger partial charge >= 0.3 is 5.97 Å². The van der Waals surface area contributed by atoms with Crippen molar-refractivity contribution >= 4 is 36.8 Å². The molecule has 0 radical (unpaired) electrons. The second-order valence-electron chi connectivity index (χ2n) is 11.8. The zero-order valence-corrected chi connectivity index (χ0v) is 25.6. The number of amides is 1. The van der Waals surface area contributed by atoms with Crippen molar-refractivity contribution in [2.45, 2.75) is 90.3 Å². The van der Waals surface area contributed by atoms with E-state index in [1.165, 1.54) is 6.33 Å². The van der Waals surface area contributed by atoms with E-state index in [0.29, 0.717) is 42.8 Å². The summed E-state index contributed by atoms with van der Waals surface area (Å²) in [6.45, 7) is 10.0. The minimum absolute atomic E-state index is 0.0207. The Labute approximate surface area is 242 Å². The number of hydrogen-bond acceptors (Lipinski definition) is 8.